The molecule has 0 bridgehead atoms. The highest BCUT2D eigenvalue weighted by atomic mass is 16.4. The van der Waals surface area contributed by atoms with Gasteiger partial charge < -0.3 is 10.2 Å². The predicted octanol–water partition coefficient (Wildman–Crippen LogP) is 7.45. The molecular formula is C28H22N2O4. The maximum atomic E-state index is 11.1. The van der Waals surface area contributed by atoms with Gasteiger partial charge in [0.05, 0.1) is 22.5 Å². The van der Waals surface area contributed by atoms with Crippen LogP contribution in [0, 0.1) is 13.8 Å². The lowest BCUT2D eigenvalue weighted by Crippen LogP contribution is -1.95. The predicted molar refractivity (Wildman–Crippen MR) is 131 cm³/mol. The third-order valence-electron chi connectivity index (χ3n) is 5.59. The SMILES string of the molecule is Cc1cc(N=Nc2ccc(-c3ccc(C(=O)O)cc3)c(C)c2)ccc1-c1ccc(C(=O)O)cc1. The van der Waals surface area contributed by atoms with Crippen molar-refractivity contribution in [2.45, 2.75) is 13.8 Å². The molecule has 0 saturated carbocycles. The second-order valence-corrected chi connectivity index (χ2v) is 7.96. The summed E-state index contributed by atoms with van der Waals surface area (Å²) >= 11 is 0. The van der Waals surface area contributed by atoms with Gasteiger partial charge in [0.15, 0.2) is 0 Å². The van der Waals surface area contributed by atoms with Gasteiger partial charge in [0.1, 0.15) is 0 Å². The Morgan fingerprint density at radius 3 is 1.21 bits per heavy atom. The zero-order valence-corrected chi connectivity index (χ0v) is 18.7. The minimum absolute atomic E-state index is 0.255. The smallest absolute Gasteiger partial charge is 0.335 e. The van der Waals surface area contributed by atoms with Crippen LogP contribution in [0.25, 0.3) is 22.3 Å². The number of aryl methyl sites for hydroxylation is 2. The van der Waals surface area contributed by atoms with Crippen LogP contribution in [-0.4, -0.2) is 22.2 Å². The Labute approximate surface area is 196 Å². The molecule has 6 heteroatoms. The molecule has 0 aliphatic rings. The lowest BCUT2D eigenvalue weighted by atomic mass is 9.99. The summed E-state index contributed by atoms with van der Waals surface area (Å²) < 4.78 is 0. The molecule has 0 atom stereocenters. The van der Waals surface area contributed by atoms with Crippen LogP contribution in [0.2, 0.25) is 0 Å². The minimum atomic E-state index is -0.946. The molecule has 0 heterocycles. The van der Waals surface area contributed by atoms with Crippen LogP contribution in [0.4, 0.5) is 11.4 Å². The number of rotatable bonds is 6. The summed E-state index contributed by atoms with van der Waals surface area (Å²) in [5, 5.41) is 26.9. The number of hydrogen-bond donors (Lipinski definition) is 2. The molecule has 0 amide bonds. The summed E-state index contributed by atoms with van der Waals surface area (Å²) in [5.41, 5.74) is 7.85. The fraction of sp³-hybridized carbons (Fsp3) is 0.0714. The maximum Gasteiger partial charge on any atom is 0.335 e. The Kier molecular flexibility index (Phi) is 6.32. The first-order valence-corrected chi connectivity index (χ1v) is 10.6. The molecule has 0 spiro atoms. The number of aromatic carboxylic acids is 2. The van der Waals surface area contributed by atoms with E-state index in [1.54, 1.807) is 48.5 Å². The molecule has 2 N–H and O–H groups in total. The van der Waals surface area contributed by atoms with Gasteiger partial charge in [-0.1, -0.05) is 36.4 Å². The molecule has 0 fully saturated rings. The van der Waals surface area contributed by atoms with Crippen molar-refractivity contribution in [3.63, 3.8) is 0 Å². The first-order valence-electron chi connectivity index (χ1n) is 10.6. The van der Waals surface area contributed by atoms with Gasteiger partial charge in [-0.3, -0.25) is 0 Å². The second kappa shape index (κ2) is 9.50. The van der Waals surface area contributed by atoms with Gasteiger partial charge in [-0.2, -0.15) is 10.2 Å². The zero-order chi connectivity index (χ0) is 24.2. The lowest BCUT2D eigenvalue weighted by Gasteiger charge is -2.08. The van der Waals surface area contributed by atoms with Crippen molar-refractivity contribution >= 4 is 23.3 Å². The molecule has 0 saturated heterocycles. The third-order valence-corrected chi connectivity index (χ3v) is 5.59. The number of carboxylic acids is 2. The molecule has 34 heavy (non-hydrogen) atoms. The summed E-state index contributed by atoms with van der Waals surface area (Å²) in [6.07, 6.45) is 0. The number of azo groups is 1. The molecule has 0 aliphatic carbocycles. The topological polar surface area (TPSA) is 99.3 Å². The van der Waals surface area contributed by atoms with Gasteiger partial charge in [-0.25, -0.2) is 9.59 Å². The van der Waals surface area contributed by atoms with Crippen LogP contribution in [-0.2, 0) is 0 Å². The Hall–Kier alpha value is -4.58. The summed E-state index contributed by atoms with van der Waals surface area (Å²) in [7, 11) is 0. The second-order valence-electron chi connectivity index (χ2n) is 7.96. The van der Waals surface area contributed by atoms with Crippen molar-refractivity contribution in [3.8, 4) is 22.3 Å². The minimum Gasteiger partial charge on any atom is -0.478 e. The summed E-state index contributed by atoms with van der Waals surface area (Å²) in [4.78, 5) is 22.1. The molecular weight excluding hydrogens is 428 g/mol. The molecule has 0 radical (unpaired) electrons. The number of nitrogens with zero attached hydrogens (tertiary/aromatic N) is 2. The van der Waals surface area contributed by atoms with E-state index in [0.29, 0.717) is 0 Å². The molecule has 0 unspecified atom stereocenters. The highest BCUT2D eigenvalue weighted by Crippen LogP contribution is 2.30. The van der Waals surface area contributed by atoms with E-state index in [2.05, 4.69) is 10.2 Å². The number of hydrogen-bond acceptors (Lipinski definition) is 4. The van der Waals surface area contributed by atoms with Crippen molar-refractivity contribution in [1.82, 2.24) is 0 Å². The fourth-order valence-corrected chi connectivity index (χ4v) is 3.77. The van der Waals surface area contributed by atoms with E-state index in [9.17, 15) is 9.59 Å². The van der Waals surface area contributed by atoms with Gasteiger partial charge in [0.25, 0.3) is 0 Å². The van der Waals surface area contributed by atoms with E-state index in [1.807, 2.05) is 50.2 Å². The van der Waals surface area contributed by atoms with Crippen molar-refractivity contribution in [3.05, 3.63) is 107 Å². The highest BCUT2D eigenvalue weighted by Gasteiger charge is 2.08. The summed E-state index contributed by atoms with van der Waals surface area (Å²) in [6.45, 7) is 3.96. The Morgan fingerprint density at radius 2 is 0.912 bits per heavy atom. The lowest BCUT2D eigenvalue weighted by molar-refractivity contribution is 0.0686. The number of benzene rings is 4. The van der Waals surface area contributed by atoms with Crippen LogP contribution >= 0.6 is 0 Å². The van der Waals surface area contributed by atoms with E-state index in [0.717, 1.165) is 44.8 Å². The van der Waals surface area contributed by atoms with E-state index in [4.69, 9.17) is 10.2 Å². The Balaban J connectivity index is 1.52. The quantitative estimate of drug-likeness (QED) is 0.298. The molecule has 4 aromatic carbocycles. The van der Waals surface area contributed by atoms with Crippen LogP contribution in [0.5, 0.6) is 0 Å². The van der Waals surface area contributed by atoms with Crippen molar-refractivity contribution in [1.29, 1.82) is 0 Å². The van der Waals surface area contributed by atoms with Crippen molar-refractivity contribution in [2.24, 2.45) is 10.2 Å². The molecule has 168 valence electrons. The highest BCUT2D eigenvalue weighted by molar-refractivity contribution is 5.89. The van der Waals surface area contributed by atoms with Gasteiger partial charge >= 0.3 is 11.9 Å². The standard InChI is InChI=1S/C28H22N2O4/c1-17-15-23(11-13-25(17)19-3-7-21(8-4-19)27(31)32)29-30-24-12-14-26(18(2)16-24)20-5-9-22(10-6-20)28(33)34/h3-16H,1-2H3,(H,31,32)(H,33,34). The van der Waals surface area contributed by atoms with Gasteiger partial charge in [0, 0.05) is 0 Å². The normalized spacial score (nSPS) is 11.0. The third kappa shape index (κ3) is 4.91. The van der Waals surface area contributed by atoms with Gasteiger partial charge in [0.2, 0.25) is 0 Å². The van der Waals surface area contributed by atoms with E-state index in [1.165, 1.54) is 0 Å². The molecule has 4 aromatic rings. The monoisotopic (exact) mass is 450 g/mol. The largest absolute Gasteiger partial charge is 0.478 e. The van der Waals surface area contributed by atoms with E-state index >= 15 is 0 Å². The fourth-order valence-electron chi connectivity index (χ4n) is 3.77. The Morgan fingerprint density at radius 1 is 0.559 bits per heavy atom. The average Bonchev–Trinajstić information content (AvgIpc) is 2.83. The summed E-state index contributed by atoms with van der Waals surface area (Å²) in [5.74, 6) is -1.89. The number of carboxylic acid groups (broad SMARTS) is 2. The first kappa shape index (κ1) is 22.6. The molecule has 4 rings (SSSR count). The van der Waals surface area contributed by atoms with Crippen LogP contribution in [0.15, 0.2) is 95.2 Å². The maximum absolute atomic E-state index is 11.1. The molecule has 0 aliphatic heterocycles. The van der Waals surface area contributed by atoms with Crippen molar-refractivity contribution < 1.29 is 19.8 Å². The number of carbonyl (C=O) groups is 2. The zero-order valence-electron chi connectivity index (χ0n) is 18.7. The van der Waals surface area contributed by atoms with Gasteiger partial charge in [-0.15, -0.1) is 0 Å². The summed E-state index contributed by atoms with van der Waals surface area (Å²) in [6, 6.07) is 25.1. The molecule has 6 nitrogen and oxygen atoms in total. The van der Waals surface area contributed by atoms with Gasteiger partial charge in [-0.05, 0) is 95.8 Å². The average molecular weight is 450 g/mol. The Bertz CT molecular complexity index is 1300. The van der Waals surface area contributed by atoms with Crippen LogP contribution in [0.1, 0.15) is 31.8 Å². The van der Waals surface area contributed by atoms with Crippen LogP contribution in [0.3, 0.4) is 0 Å². The first-order chi connectivity index (χ1) is 16.3. The van der Waals surface area contributed by atoms with E-state index in [-0.39, 0.29) is 11.1 Å². The molecule has 0 aromatic heterocycles. The van der Waals surface area contributed by atoms with Crippen LogP contribution < -0.4 is 0 Å². The van der Waals surface area contributed by atoms with E-state index < -0.39 is 11.9 Å². The van der Waals surface area contributed by atoms with Crippen molar-refractivity contribution in [2.75, 3.05) is 0 Å².